The van der Waals surface area contributed by atoms with Crippen LogP contribution in [0.1, 0.15) is 25.1 Å². The van der Waals surface area contributed by atoms with Crippen LogP contribution in [0.3, 0.4) is 0 Å². The molecule has 1 aromatic carbocycles. The average molecular weight is 354 g/mol. The van der Waals surface area contributed by atoms with E-state index in [1.165, 1.54) is 6.07 Å². The van der Waals surface area contributed by atoms with Gasteiger partial charge in [-0.2, -0.15) is 0 Å². The van der Waals surface area contributed by atoms with Crippen molar-refractivity contribution < 1.29 is 9.21 Å². The number of rotatable bonds is 5. The van der Waals surface area contributed by atoms with Crippen molar-refractivity contribution in [2.24, 2.45) is 5.92 Å². The number of benzene rings is 1. The first-order valence-electron chi connectivity index (χ1n) is 8.51. The van der Waals surface area contributed by atoms with Crippen LogP contribution in [0.2, 0.25) is 0 Å². The lowest BCUT2D eigenvalue weighted by Crippen LogP contribution is -2.29. The molecule has 3 rings (SSSR count). The molecular formula is C19H22N4O3. The summed E-state index contributed by atoms with van der Waals surface area (Å²) in [5.74, 6) is 0.493. The van der Waals surface area contributed by atoms with Crippen LogP contribution in [0.4, 0.5) is 10.5 Å². The fraction of sp³-hybridized carbons (Fsp3) is 0.316. The number of hydrogen-bond acceptors (Lipinski definition) is 4. The molecule has 136 valence electrons. The maximum absolute atomic E-state index is 12.2. The Morgan fingerprint density at radius 1 is 1.31 bits per heavy atom. The quantitative estimate of drug-likeness (QED) is 0.688. The van der Waals surface area contributed by atoms with Crippen molar-refractivity contribution >= 4 is 22.7 Å². The number of carbonyl (C=O) groups excluding carboxylic acids is 1. The number of aromatic nitrogens is 2. The van der Waals surface area contributed by atoms with E-state index in [9.17, 15) is 9.59 Å². The number of amides is 2. The van der Waals surface area contributed by atoms with E-state index in [0.717, 1.165) is 23.2 Å². The summed E-state index contributed by atoms with van der Waals surface area (Å²) in [7, 11) is 0. The lowest BCUT2D eigenvalue weighted by atomic mass is 10.1. The third-order valence-electron chi connectivity index (χ3n) is 4.00. The van der Waals surface area contributed by atoms with Gasteiger partial charge in [0.25, 0.3) is 0 Å². The Kier molecular flexibility index (Phi) is 5.06. The summed E-state index contributed by atoms with van der Waals surface area (Å²) < 4.78 is 7.22. The Hall–Kier alpha value is -3.09. The zero-order valence-corrected chi connectivity index (χ0v) is 15.1. The Balaban J connectivity index is 1.66. The number of imidazole rings is 1. The maximum atomic E-state index is 12.2. The maximum Gasteiger partial charge on any atom is 0.336 e. The van der Waals surface area contributed by atoms with Crippen LogP contribution >= 0.6 is 0 Å². The summed E-state index contributed by atoms with van der Waals surface area (Å²) in [4.78, 5) is 27.8. The van der Waals surface area contributed by atoms with Crippen molar-refractivity contribution in [3.63, 3.8) is 0 Å². The second-order valence-corrected chi connectivity index (χ2v) is 6.70. The van der Waals surface area contributed by atoms with Gasteiger partial charge in [0.2, 0.25) is 0 Å². The fourth-order valence-electron chi connectivity index (χ4n) is 2.80. The number of urea groups is 1. The van der Waals surface area contributed by atoms with Crippen LogP contribution in [0.5, 0.6) is 0 Å². The van der Waals surface area contributed by atoms with E-state index in [1.54, 1.807) is 24.7 Å². The number of aryl methyl sites for hydroxylation is 1. The van der Waals surface area contributed by atoms with E-state index in [-0.39, 0.29) is 6.03 Å². The highest BCUT2D eigenvalue weighted by Gasteiger charge is 2.08. The molecule has 0 bridgehead atoms. The van der Waals surface area contributed by atoms with E-state index < -0.39 is 5.63 Å². The molecule has 0 saturated carbocycles. The molecular weight excluding hydrogens is 332 g/mol. The number of nitrogens with one attached hydrogen (secondary N) is 2. The van der Waals surface area contributed by atoms with Gasteiger partial charge in [-0.3, -0.25) is 0 Å². The van der Waals surface area contributed by atoms with Crippen LogP contribution in [0.15, 0.2) is 46.0 Å². The van der Waals surface area contributed by atoms with Crippen LogP contribution in [0, 0.1) is 12.8 Å². The normalized spacial score (nSPS) is 11.1. The molecule has 26 heavy (non-hydrogen) atoms. The second kappa shape index (κ2) is 7.43. The predicted molar refractivity (Wildman–Crippen MR) is 100 cm³/mol. The lowest BCUT2D eigenvalue weighted by Gasteiger charge is -2.12. The minimum Gasteiger partial charge on any atom is -0.423 e. The molecule has 2 amide bonds. The number of fused-ring (bicyclic) bond motifs is 1. The summed E-state index contributed by atoms with van der Waals surface area (Å²) in [5, 5.41) is 6.41. The molecule has 0 aliphatic carbocycles. The monoisotopic (exact) mass is 354 g/mol. The smallest absolute Gasteiger partial charge is 0.336 e. The fourth-order valence-corrected chi connectivity index (χ4v) is 2.80. The zero-order valence-electron chi connectivity index (χ0n) is 15.1. The van der Waals surface area contributed by atoms with Gasteiger partial charge in [-0.1, -0.05) is 13.8 Å². The van der Waals surface area contributed by atoms with Gasteiger partial charge < -0.3 is 19.6 Å². The number of nitrogens with zero attached hydrogens (tertiary/aromatic N) is 2. The molecule has 3 aromatic rings. The average Bonchev–Trinajstić information content (AvgIpc) is 2.98. The van der Waals surface area contributed by atoms with Gasteiger partial charge in [-0.25, -0.2) is 14.6 Å². The van der Waals surface area contributed by atoms with Gasteiger partial charge in [0, 0.05) is 35.9 Å². The highest BCUT2D eigenvalue weighted by Crippen LogP contribution is 2.20. The molecule has 2 heterocycles. The first-order chi connectivity index (χ1) is 12.4. The Labute approximate surface area is 151 Å². The van der Waals surface area contributed by atoms with Gasteiger partial charge in [0.15, 0.2) is 0 Å². The summed E-state index contributed by atoms with van der Waals surface area (Å²) in [6, 6.07) is 6.35. The van der Waals surface area contributed by atoms with Gasteiger partial charge in [0.05, 0.1) is 18.6 Å². The van der Waals surface area contributed by atoms with Crippen molar-refractivity contribution in [3.8, 4) is 0 Å². The first-order valence-corrected chi connectivity index (χ1v) is 8.51. The third-order valence-corrected chi connectivity index (χ3v) is 4.00. The lowest BCUT2D eigenvalue weighted by molar-refractivity contribution is 0.251. The molecule has 0 spiro atoms. The predicted octanol–water partition coefficient (Wildman–Crippen LogP) is 3.28. The Morgan fingerprint density at radius 3 is 2.88 bits per heavy atom. The molecule has 0 atom stereocenters. The van der Waals surface area contributed by atoms with E-state index in [1.807, 2.05) is 17.6 Å². The summed E-state index contributed by atoms with van der Waals surface area (Å²) in [5.41, 5.74) is 2.37. The van der Waals surface area contributed by atoms with E-state index >= 15 is 0 Å². The highest BCUT2D eigenvalue weighted by molar-refractivity contribution is 5.92. The van der Waals surface area contributed by atoms with Crippen molar-refractivity contribution in [2.45, 2.75) is 33.9 Å². The van der Waals surface area contributed by atoms with Gasteiger partial charge in [-0.05, 0) is 30.5 Å². The van der Waals surface area contributed by atoms with E-state index in [4.69, 9.17) is 4.42 Å². The largest absolute Gasteiger partial charge is 0.423 e. The molecule has 0 fully saturated rings. The summed E-state index contributed by atoms with van der Waals surface area (Å²) >= 11 is 0. The van der Waals surface area contributed by atoms with Crippen LogP contribution in [0.25, 0.3) is 11.0 Å². The second-order valence-electron chi connectivity index (χ2n) is 6.70. The van der Waals surface area contributed by atoms with Gasteiger partial charge in [0.1, 0.15) is 5.58 Å². The Bertz CT molecular complexity index is 988. The minimum absolute atomic E-state index is 0.336. The standard InChI is InChI=1S/C19H22N4O3/c1-12(2)10-23-11-20-8-15(23)9-21-19(25)22-14-4-5-16-13(3)6-18(24)26-17(16)7-14/h4-8,11-12H,9-10H2,1-3H3,(H2,21,22,25). The number of carbonyl (C=O) groups is 1. The topological polar surface area (TPSA) is 89.2 Å². The molecule has 0 aliphatic heterocycles. The minimum atomic E-state index is -0.407. The molecule has 7 heteroatoms. The SMILES string of the molecule is Cc1cc(=O)oc2cc(NC(=O)NCc3cncn3CC(C)C)ccc12. The van der Waals surface area contributed by atoms with Crippen molar-refractivity contribution in [1.29, 1.82) is 0 Å². The summed E-state index contributed by atoms with van der Waals surface area (Å²) in [6.45, 7) is 7.33. The molecule has 0 radical (unpaired) electrons. The number of anilines is 1. The zero-order chi connectivity index (χ0) is 18.7. The van der Waals surface area contributed by atoms with Gasteiger partial charge >= 0.3 is 11.7 Å². The van der Waals surface area contributed by atoms with Gasteiger partial charge in [-0.15, -0.1) is 0 Å². The molecule has 0 unspecified atom stereocenters. The summed E-state index contributed by atoms with van der Waals surface area (Å²) in [6.07, 6.45) is 3.51. The van der Waals surface area contributed by atoms with Crippen molar-refractivity contribution in [3.05, 3.63) is 58.5 Å². The number of hydrogen-bond donors (Lipinski definition) is 2. The third kappa shape index (κ3) is 4.11. The van der Waals surface area contributed by atoms with E-state index in [2.05, 4.69) is 29.5 Å². The molecule has 2 aromatic heterocycles. The molecule has 0 aliphatic rings. The van der Waals surface area contributed by atoms with Crippen LogP contribution in [-0.4, -0.2) is 15.6 Å². The van der Waals surface area contributed by atoms with Crippen molar-refractivity contribution in [1.82, 2.24) is 14.9 Å². The molecule has 7 nitrogen and oxygen atoms in total. The Morgan fingerprint density at radius 2 is 2.12 bits per heavy atom. The van der Waals surface area contributed by atoms with Crippen LogP contribution in [-0.2, 0) is 13.1 Å². The highest BCUT2D eigenvalue weighted by atomic mass is 16.4. The van der Waals surface area contributed by atoms with E-state index in [0.29, 0.717) is 23.7 Å². The first kappa shape index (κ1) is 17.7. The molecule has 2 N–H and O–H groups in total. The van der Waals surface area contributed by atoms with Crippen molar-refractivity contribution in [2.75, 3.05) is 5.32 Å². The van der Waals surface area contributed by atoms with Crippen LogP contribution < -0.4 is 16.3 Å². The molecule has 0 saturated heterocycles.